The number of benzene rings is 1. The Hall–Kier alpha value is -1.02. The van der Waals surface area contributed by atoms with Crippen LogP contribution in [0.5, 0.6) is 11.5 Å². The molecule has 2 rings (SSSR count). The fourth-order valence-electron chi connectivity index (χ4n) is 2.95. The zero-order valence-corrected chi connectivity index (χ0v) is 16.5. The Labute approximate surface area is 156 Å². The van der Waals surface area contributed by atoms with Crippen molar-refractivity contribution in [3.63, 3.8) is 0 Å². The lowest BCUT2D eigenvalue weighted by Crippen LogP contribution is -2.51. The molecule has 1 fully saturated rings. The van der Waals surface area contributed by atoms with E-state index in [9.17, 15) is 8.42 Å². The van der Waals surface area contributed by atoms with Crippen molar-refractivity contribution in [2.75, 3.05) is 19.8 Å². The summed E-state index contributed by atoms with van der Waals surface area (Å²) in [6.45, 7) is 4.89. The molecule has 0 bridgehead atoms. The number of nitrogens with one attached hydrogen (secondary N) is 1. The van der Waals surface area contributed by atoms with Crippen molar-refractivity contribution in [3.05, 3.63) is 18.2 Å². The predicted molar refractivity (Wildman–Crippen MR) is 101 cm³/mol. The van der Waals surface area contributed by atoms with Gasteiger partial charge in [0, 0.05) is 18.2 Å². The van der Waals surface area contributed by atoms with E-state index in [0.29, 0.717) is 24.7 Å². The van der Waals surface area contributed by atoms with Gasteiger partial charge in [-0.1, -0.05) is 19.3 Å². The third-order valence-corrected chi connectivity index (χ3v) is 5.69. The van der Waals surface area contributed by atoms with Crippen molar-refractivity contribution in [2.24, 2.45) is 5.73 Å². The van der Waals surface area contributed by atoms with Gasteiger partial charge in [-0.15, -0.1) is 12.4 Å². The van der Waals surface area contributed by atoms with Gasteiger partial charge in [-0.25, -0.2) is 13.1 Å². The summed E-state index contributed by atoms with van der Waals surface area (Å²) in [7, 11) is -3.64. The third-order valence-electron chi connectivity index (χ3n) is 4.29. The van der Waals surface area contributed by atoms with Gasteiger partial charge in [0.1, 0.15) is 0 Å². The van der Waals surface area contributed by atoms with Crippen molar-refractivity contribution >= 4 is 22.4 Å². The van der Waals surface area contributed by atoms with Gasteiger partial charge in [-0.3, -0.25) is 0 Å². The fraction of sp³-hybridized carbons (Fsp3) is 0.647. The number of rotatable bonds is 8. The number of hydrogen-bond acceptors (Lipinski definition) is 5. The van der Waals surface area contributed by atoms with Crippen LogP contribution in [0.1, 0.15) is 46.0 Å². The minimum Gasteiger partial charge on any atom is -0.490 e. The van der Waals surface area contributed by atoms with E-state index in [1.165, 1.54) is 18.6 Å². The lowest BCUT2D eigenvalue weighted by atomic mass is 9.83. The van der Waals surface area contributed by atoms with Gasteiger partial charge in [0.2, 0.25) is 10.0 Å². The average Bonchev–Trinajstić information content (AvgIpc) is 2.56. The summed E-state index contributed by atoms with van der Waals surface area (Å²) in [5.74, 6) is 0.975. The van der Waals surface area contributed by atoms with Crippen LogP contribution in [0.2, 0.25) is 0 Å². The third kappa shape index (κ3) is 6.02. The molecule has 0 amide bonds. The van der Waals surface area contributed by atoms with Crippen molar-refractivity contribution in [1.82, 2.24) is 4.72 Å². The van der Waals surface area contributed by atoms with Crippen LogP contribution in [-0.2, 0) is 10.0 Å². The molecule has 1 aliphatic rings. The molecule has 1 aromatic carbocycles. The smallest absolute Gasteiger partial charge is 0.240 e. The Balaban J connectivity index is 0.00000312. The van der Waals surface area contributed by atoms with Crippen LogP contribution < -0.4 is 19.9 Å². The van der Waals surface area contributed by atoms with E-state index in [4.69, 9.17) is 15.2 Å². The highest BCUT2D eigenvalue weighted by atomic mass is 35.5. The average molecular weight is 393 g/mol. The lowest BCUT2D eigenvalue weighted by molar-refractivity contribution is 0.287. The molecule has 0 spiro atoms. The first kappa shape index (κ1) is 22.0. The highest BCUT2D eigenvalue weighted by molar-refractivity contribution is 7.89. The van der Waals surface area contributed by atoms with E-state index < -0.39 is 15.6 Å². The van der Waals surface area contributed by atoms with E-state index in [-0.39, 0.29) is 23.8 Å². The first-order valence-corrected chi connectivity index (χ1v) is 10.1. The van der Waals surface area contributed by atoms with Crippen LogP contribution in [0.25, 0.3) is 0 Å². The molecule has 1 aliphatic carbocycles. The molecular weight excluding hydrogens is 364 g/mol. The molecule has 0 radical (unpaired) electrons. The zero-order valence-electron chi connectivity index (χ0n) is 14.9. The van der Waals surface area contributed by atoms with Crippen molar-refractivity contribution in [3.8, 4) is 11.5 Å². The van der Waals surface area contributed by atoms with Crippen molar-refractivity contribution in [1.29, 1.82) is 0 Å². The minimum absolute atomic E-state index is 0. The monoisotopic (exact) mass is 392 g/mol. The molecule has 8 heteroatoms. The number of nitrogens with two attached hydrogens (primary N) is 1. The zero-order chi connectivity index (χ0) is 17.6. The second-order valence-corrected chi connectivity index (χ2v) is 7.99. The Kier molecular flexibility index (Phi) is 8.47. The summed E-state index contributed by atoms with van der Waals surface area (Å²) in [6.07, 6.45) is 4.97. The van der Waals surface area contributed by atoms with Crippen LogP contribution in [0.4, 0.5) is 0 Å². The van der Waals surface area contributed by atoms with Crippen LogP contribution in [0.3, 0.4) is 0 Å². The van der Waals surface area contributed by atoms with Gasteiger partial charge >= 0.3 is 0 Å². The molecule has 0 unspecified atom stereocenters. The van der Waals surface area contributed by atoms with Crippen LogP contribution in [-0.4, -0.2) is 33.7 Å². The maximum atomic E-state index is 12.6. The summed E-state index contributed by atoms with van der Waals surface area (Å²) in [4.78, 5) is 0.161. The summed E-state index contributed by atoms with van der Waals surface area (Å²) < 4.78 is 38.8. The Bertz CT molecular complexity index is 646. The minimum atomic E-state index is -3.64. The van der Waals surface area contributed by atoms with Crippen molar-refractivity contribution < 1.29 is 17.9 Å². The van der Waals surface area contributed by atoms with Crippen LogP contribution in [0.15, 0.2) is 23.1 Å². The van der Waals surface area contributed by atoms with E-state index in [1.54, 1.807) is 6.07 Å². The summed E-state index contributed by atoms with van der Waals surface area (Å²) in [5.41, 5.74) is 5.87. The van der Waals surface area contributed by atoms with Gasteiger partial charge in [-0.2, -0.15) is 0 Å². The predicted octanol–water partition coefficient (Wildman–Crippen LogP) is 2.85. The van der Waals surface area contributed by atoms with Gasteiger partial charge in [0.15, 0.2) is 11.5 Å². The number of ether oxygens (including phenoxy) is 2. The second-order valence-electron chi connectivity index (χ2n) is 6.22. The molecule has 0 heterocycles. The molecule has 1 aromatic rings. The molecule has 3 N–H and O–H groups in total. The maximum absolute atomic E-state index is 12.6. The topological polar surface area (TPSA) is 90.7 Å². The fourth-order valence-corrected chi connectivity index (χ4v) is 4.11. The van der Waals surface area contributed by atoms with Gasteiger partial charge in [-0.05, 0) is 38.8 Å². The molecule has 25 heavy (non-hydrogen) atoms. The first-order valence-electron chi connectivity index (χ1n) is 8.58. The molecular formula is C17H29ClN2O4S. The second kappa shape index (κ2) is 9.62. The van der Waals surface area contributed by atoms with E-state index in [0.717, 1.165) is 25.7 Å². The Morgan fingerprint density at radius 2 is 1.68 bits per heavy atom. The number of halogens is 1. The van der Waals surface area contributed by atoms with Crippen LogP contribution in [0, 0.1) is 0 Å². The molecule has 6 nitrogen and oxygen atoms in total. The highest BCUT2D eigenvalue weighted by Crippen LogP contribution is 2.31. The highest BCUT2D eigenvalue weighted by Gasteiger charge is 2.29. The summed E-state index contributed by atoms with van der Waals surface area (Å²) >= 11 is 0. The number of sulfonamides is 1. The molecule has 1 saturated carbocycles. The van der Waals surface area contributed by atoms with Gasteiger partial charge in [0.05, 0.1) is 18.1 Å². The molecule has 0 saturated heterocycles. The normalized spacial score (nSPS) is 16.8. The summed E-state index contributed by atoms with van der Waals surface area (Å²) in [6, 6.07) is 4.66. The lowest BCUT2D eigenvalue weighted by Gasteiger charge is -2.33. The molecule has 144 valence electrons. The van der Waals surface area contributed by atoms with E-state index >= 15 is 0 Å². The molecule has 0 atom stereocenters. The van der Waals surface area contributed by atoms with Crippen molar-refractivity contribution in [2.45, 2.75) is 56.4 Å². The van der Waals surface area contributed by atoms with Gasteiger partial charge < -0.3 is 15.2 Å². The first-order chi connectivity index (χ1) is 11.4. The molecule has 0 aliphatic heterocycles. The maximum Gasteiger partial charge on any atom is 0.240 e. The van der Waals surface area contributed by atoms with E-state index in [2.05, 4.69) is 4.72 Å². The Morgan fingerprint density at radius 3 is 2.28 bits per heavy atom. The SMILES string of the molecule is CCOc1ccc(S(=O)(=O)NCC2(N)CCCCC2)cc1OCC.Cl. The van der Waals surface area contributed by atoms with Crippen LogP contribution >= 0.6 is 12.4 Å². The molecule has 0 aromatic heterocycles. The number of hydrogen-bond donors (Lipinski definition) is 2. The van der Waals surface area contributed by atoms with Gasteiger partial charge in [0.25, 0.3) is 0 Å². The largest absolute Gasteiger partial charge is 0.490 e. The van der Waals surface area contributed by atoms with E-state index in [1.807, 2.05) is 13.8 Å². The summed E-state index contributed by atoms with van der Waals surface area (Å²) in [5, 5.41) is 0. The standard InChI is InChI=1S/C17H28N2O4S.ClH/c1-3-22-15-9-8-14(12-16(15)23-4-2)24(20,21)19-13-17(18)10-6-5-7-11-17;/h8-9,12,19H,3-7,10-11,13,18H2,1-2H3;1H. The quantitative estimate of drug-likeness (QED) is 0.709. The Morgan fingerprint density at radius 1 is 1.08 bits per heavy atom.